The number of sulfonamides is 1. The predicted octanol–water partition coefficient (Wildman–Crippen LogP) is 2.85. The second-order valence-electron chi connectivity index (χ2n) is 6.02. The summed E-state index contributed by atoms with van der Waals surface area (Å²) in [6.07, 6.45) is 1.98. The Morgan fingerprint density at radius 3 is 2.38 bits per heavy atom. The molecule has 1 N–H and O–H groups in total. The lowest BCUT2D eigenvalue weighted by molar-refractivity contribution is -0.121. The number of nitrogens with one attached hydrogen (secondary N) is 1. The van der Waals surface area contributed by atoms with E-state index in [1.165, 1.54) is 4.31 Å². The maximum Gasteiger partial charge on any atom is 0.221 e. The minimum absolute atomic E-state index is 0.103. The van der Waals surface area contributed by atoms with Gasteiger partial charge in [0.15, 0.2) is 0 Å². The van der Waals surface area contributed by atoms with Crippen molar-refractivity contribution in [3.63, 3.8) is 0 Å². The number of nitrogens with zero attached hydrogens (tertiary/aromatic N) is 1. The molecule has 1 amide bonds. The van der Waals surface area contributed by atoms with Gasteiger partial charge in [-0.15, -0.1) is 0 Å². The lowest BCUT2D eigenvalue weighted by Gasteiger charge is -2.20. The van der Waals surface area contributed by atoms with Gasteiger partial charge in [0.2, 0.25) is 15.9 Å². The van der Waals surface area contributed by atoms with Crippen molar-refractivity contribution < 1.29 is 13.2 Å². The summed E-state index contributed by atoms with van der Waals surface area (Å²) in [5.41, 5.74) is 1.85. The fourth-order valence-corrected chi connectivity index (χ4v) is 3.48. The molecule has 140 valence electrons. The van der Waals surface area contributed by atoms with E-state index in [9.17, 15) is 13.2 Å². The summed E-state index contributed by atoms with van der Waals surface area (Å²) in [4.78, 5) is 12.0. The second-order valence-corrected chi connectivity index (χ2v) is 8.41. The van der Waals surface area contributed by atoms with Crippen molar-refractivity contribution in [1.82, 2.24) is 9.62 Å². The first-order valence-corrected chi connectivity index (χ1v) is 10.6. The van der Waals surface area contributed by atoms with Crippen LogP contribution in [0.25, 0.3) is 0 Å². The molecule has 0 spiro atoms. The zero-order chi connectivity index (χ0) is 19.0. The average Bonchev–Trinajstić information content (AvgIpc) is 2.60. The van der Waals surface area contributed by atoms with Crippen LogP contribution < -0.4 is 5.32 Å². The first-order chi connectivity index (χ1) is 12.4. The fourth-order valence-electron chi connectivity index (χ4n) is 2.48. The molecule has 0 aromatic heterocycles. The summed E-state index contributed by atoms with van der Waals surface area (Å²) in [7, 11) is -3.44. The number of carbonyl (C=O) groups is 1. The summed E-state index contributed by atoms with van der Waals surface area (Å²) < 4.78 is 25.3. The molecule has 2 aromatic rings. The van der Waals surface area contributed by atoms with Crippen LogP contribution in [0.1, 0.15) is 17.5 Å². The molecular weight excluding hydrogens is 372 g/mol. The molecule has 0 saturated heterocycles. The van der Waals surface area contributed by atoms with Crippen molar-refractivity contribution in [2.75, 3.05) is 19.3 Å². The zero-order valence-corrected chi connectivity index (χ0v) is 16.3. The number of benzene rings is 2. The van der Waals surface area contributed by atoms with Crippen LogP contribution in [0.4, 0.5) is 0 Å². The van der Waals surface area contributed by atoms with Crippen LogP contribution in [0.3, 0.4) is 0 Å². The van der Waals surface area contributed by atoms with Crippen molar-refractivity contribution in [2.45, 2.75) is 19.4 Å². The van der Waals surface area contributed by atoms with Gasteiger partial charge in [-0.05, 0) is 23.6 Å². The molecule has 0 aliphatic carbocycles. The highest BCUT2D eigenvalue weighted by molar-refractivity contribution is 7.88. The standard InChI is InChI=1S/C19H23ClN2O3S/c1-26(24,25)22(15-17-9-5-6-10-18(17)20)14-12-19(23)21-13-11-16-7-3-2-4-8-16/h2-10H,11-15H2,1H3,(H,21,23). The highest BCUT2D eigenvalue weighted by Gasteiger charge is 2.19. The van der Waals surface area contributed by atoms with Crippen LogP contribution in [-0.2, 0) is 27.8 Å². The Hall–Kier alpha value is -1.89. The van der Waals surface area contributed by atoms with Gasteiger partial charge in [-0.25, -0.2) is 8.42 Å². The molecule has 2 rings (SSSR count). The van der Waals surface area contributed by atoms with E-state index in [4.69, 9.17) is 11.6 Å². The van der Waals surface area contributed by atoms with Gasteiger partial charge in [-0.2, -0.15) is 4.31 Å². The topological polar surface area (TPSA) is 66.5 Å². The summed E-state index contributed by atoms with van der Waals surface area (Å²) in [5, 5.41) is 3.33. The van der Waals surface area contributed by atoms with E-state index in [0.29, 0.717) is 17.1 Å². The van der Waals surface area contributed by atoms with Crippen molar-refractivity contribution in [2.24, 2.45) is 0 Å². The van der Waals surface area contributed by atoms with Gasteiger partial charge in [0.1, 0.15) is 0 Å². The Bertz CT molecular complexity index is 826. The highest BCUT2D eigenvalue weighted by atomic mass is 35.5. The molecule has 0 atom stereocenters. The van der Waals surface area contributed by atoms with Crippen LogP contribution in [0.2, 0.25) is 5.02 Å². The molecular formula is C19H23ClN2O3S. The predicted molar refractivity (Wildman–Crippen MR) is 104 cm³/mol. The largest absolute Gasteiger partial charge is 0.356 e. The smallest absolute Gasteiger partial charge is 0.221 e. The number of halogens is 1. The number of carbonyl (C=O) groups excluding carboxylic acids is 1. The molecule has 0 unspecified atom stereocenters. The van der Waals surface area contributed by atoms with E-state index >= 15 is 0 Å². The summed E-state index contributed by atoms with van der Waals surface area (Å²) in [6, 6.07) is 16.9. The lowest BCUT2D eigenvalue weighted by Crippen LogP contribution is -2.34. The van der Waals surface area contributed by atoms with Crippen molar-refractivity contribution in [3.8, 4) is 0 Å². The molecule has 26 heavy (non-hydrogen) atoms. The quantitative estimate of drug-likeness (QED) is 0.711. The Morgan fingerprint density at radius 2 is 1.73 bits per heavy atom. The lowest BCUT2D eigenvalue weighted by atomic mass is 10.1. The monoisotopic (exact) mass is 394 g/mol. The second kappa shape index (κ2) is 9.71. The van der Waals surface area contributed by atoms with Crippen molar-refractivity contribution in [3.05, 3.63) is 70.7 Å². The number of rotatable bonds is 9. The van der Waals surface area contributed by atoms with Crippen molar-refractivity contribution >= 4 is 27.5 Å². The van der Waals surface area contributed by atoms with Gasteiger partial charge in [-0.1, -0.05) is 60.1 Å². The van der Waals surface area contributed by atoms with Gasteiger partial charge in [0.05, 0.1) is 6.26 Å². The van der Waals surface area contributed by atoms with Gasteiger partial charge in [0.25, 0.3) is 0 Å². The SMILES string of the molecule is CS(=O)(=O)N(CCC(=O)NCCc1ccccc1)Cc1ccccc1Cl. The molecule has 0 bridgehead atoms. The van der Waals surface area contributed by atoms with Crippen LogP contribution in [0, 0.1) is 0 Å². The highest BCUT2D eigenvalue weighted by Crippen LogP contribution is 2.18. The average molecular weight is 395 g/mol. The summed E-state index contributed by atoms with van der Waals surface area (Å²) in [5.74, 6) is -0.172. The van der Waals surface area contributed by atoms with Crippen LogP contribution in [0.5, 0.6) is 0 Å². The molecule has 5 nitrogen and oxygen atoms in total. The fraction of sp³-hybridized carbons (Fsp3) is 0.316. The molecule has 0 heterocycles. The Morgan fingerprint density at radius 1 is 1.08 bits per heavy atom. The summed E-state index contributed by atoms with van der Waals surface area (Å²) in [6.45, 7) is 0.781. The number of amides is 1. The number of hydrogen-bond acceptors (Lipinski definition) is 3. The van der Waals surface area contributed by atoms with Crippen LogP contribution in [-0.4, -0.2) is 38.0 Å². The molecule has 0 radical (unpaired) electrons. The molecule has 2 aromatic carbocycles. The van der Waals surface area contributed by atoms with E-state index in [0.717, 1.165) is 18.2 Å². The first kappa shape index (κ1) is 20.4. The van der Waals surface area contributed by atoms with Gasteiger partial charge < -0.3 is 5.32 Å². The van der Waals surface area contributed by atoms with Crippen molar-refractivity contribution in [1.29, 1.82) is 0 Å². The van der Waals surface area contributed by atoms with Crippen LogP contribution >= 0.6 is 11.6 Å². The summed E-state index contributed by atoms with van der Waals surface area (Å²) >= 11 is 6.11. The van der Waals surface area contributed by atoms with E-state index in [-0.39, 0.29) is 25.4 Å². The van der Waals surface area contributed by atoms with E-state index < -0.39 is 10.0 Å². The van der Waals surface area contributed by atoms with E-state index in [1.807, 2.05) is 30.3 Å². The van der Waals surface area contributed by atoms with Gasteiger partial charge in [-0.3, -0.25) is 4.79 Å². The molecule has 0 aliphatic rings. The van der Waals surface area contributed by atoms with Gasteiger partial charge in [0, 0.05) is 31.1 Å². The maximum absolute atomic E-state index is 12.0. The molecule has 0 saturated carbocycles. The van der Waals surface area contributed by atoms with E-state index in [1.54, 1.807) is 24.3 Å². The normalized spacial score (nSPS) is 11.5. The Labute approximate surface area is 160 Å². The third-order valence-electron chi connectivity index (χ3n) is 3.94. The molecule has 7 heteroatoms. The number of hydrogen-bond donors (Lipinski definition) is 1. The van der Waals surface area contributed by atoms with Crippen LogP contribution in [0.15, 0.2) is 54.6 Å². The molecule has 0 fully saturated rings. The van der Waals surface area contributed by atoms with Gasteiger partial charge >= 0.3 is 0 Å². The Kier molecular flexibility index (Phi) is 7.63. The Balaban J connectivity index is 1.85. The zero-order valence-electron chi connectivity index (χ0n) is 14.7. The minimum Gasteiger partial charge on any atom is -0.356 e. The maximum atomic E-state index is 12.0. The first-order valence-electron chi connectivity index (χ1n) is 8.35. The third kappa shape index (κ3) is 6.78. The van der Waals surface area contributed by atoms with E-state index in [2.05, 4.69) is 5.32 Å². The minimum atomic E-state index is -3.44. The third-order valence-corrected chi connectivity index (χ3v) is 5.56. The molecule has 0 aliphatic heterocycles.